The average Bonchev–Trinajstić information content (AvgIpc) is 2.95. The lowest BCUT2D eigenvalue weighted by molar-refractivity contribution is -0.143. The summed E-state index contributed by atoms with van der Waals surface area (Å²) in [5.41, 5.74) is 0.924. The van der Waals surface area contributed by atoms with Gasteiger partial charge in [-0.15, -0.1) is 0 Å². The van der Waals surface area contributed by atoms with Crippen molar-refractivity contribution in [2.24, 2.45) is 0 Å². The maximum atomic E-state index is 13.6. The number of hydrogen-bond acceptors (Lipinski definition) is 5. The first-order valence-electron chi connectivity index (χ1n) is 13.6. The standard InChI is InChI=1S/C28H33Cl4N5O4/c1-18-26(38)37(14-13-36(18)27(39)33-19-5-7-22(29)24(31)15-19)21(9-12-35-10-3-2-4-11-35)17-41-28(40)34-20-6-8-23(30)25(32)16-20/h5-8,15-16,18,21H,2-4,9-14,17H2,1H3,(H,33,39)(H,34,40). The van der Waals surface area contributed by atoms with Crippen LogP contribution in [0.4, 0.5) is 21.0 Å². The fraction of sp³-hybridized carbons (Fsp3) is 0.464. The molecular formula is C28H33Cl4N5O4. The minimum atomic E-state index is -0.714. The van der Waals surface area contributed by atoms with Gasteiger partial charge in [0.15, 0.2) is 0 Å². The molecule has 2 saturated heterocycles. The SMILES string of the molecule is CC1C(=O)N(C(CCN2CCCCC2)COC(=O)Nc2ccc(Cl)c(Cl)c2)CCN1C(=O)Nc1ccc(Cl)c(Cl)c1. The Morgan fingerprint density at radius 3 is 2.10 bits per heavy atom. The summed E-state index contributed by atoms with van der Waals surface area (Å²) in [5.74, 6) is -0.210. The lowest BCUT2D eigenvalue weighted by Crippen LogP contribution is -2.61. The first-order chi connectivity index (χ1) is 19.6. The lowest BCUT2D eigenvalue weighted by Gasteiger charge is -2.43. The van der Waals surface area contributed by atoms with Crippen LogP contribution < -0.4 is 10.6 Å². The molecule has 2 atom stereocenters. The number of amides is 4. The number of piperazine rings is 1. The Balaban J connectivity index is 1.39. The third-order valence-electron chi connectivity index (χ3n) is 7.36. The van der Waals surface area contributed by atoms with Gasteiger partial charge in [0.2, 0.25) is 5.91 Å². The van der Waals surface area contributed by atoms with E-state index in [1.807, 2.05) is 0 Å². The molecule has 9 nitrogen and oxygen atoms in total. The monoisotopic (exact) mass is 643 g/mol. The molecule has 2 aromatic rings. The van der Waals surface area contributed by atoms with E-state index in [-0.39, 0.29) is 18.6 Å². The van der Waals surface area contributed by atoms with Gasteiger partial charge in [0, 0.05) is 31.0 Å². The van der Waals surface area contributed by atoms with Crippen molar-refractivity contribution in [3.63, 3.8) is 0 Å². The highest BCUT2D eigenvalue weighted by Gasteiger charge is 2.38. The molecule has 2 N–H and O–H groups in total. The van der Waals surface area contributed by atoms with Crippen molar-refractivity contribution >= 4 is 75.8 Å². The molecule has 4 rings (SSSR count). The van der Waals surface area contributed by atoms with E-state index in [1.165, 1.54) is 17.4 Å². The van der Waals surface area contributed by atoms with E-state index >= 15 is 0 Å². The van der Waals surface area contributed by atoms with Crippen LogP contribution in [0.5, 0.6) is 0 Å². The van der Waals surface area contributed by atoms with Gasteiger partial charge in [-0.3, -0.25) is 10.1 Å². The Kier molecular flexibility index (Phi) is 11.3. The van der Waals surface area contributed by atoms with E-state index < -0.39 is 18.2 Å². The van der Waals surface area contributed by atoms with Crippen LogP contribution in [-0.2, 0) is 9.53 Å². The molecule has 0 aliphatic carbocycles. The second-order valence-electron chi connectivity index (χ2n) is 10.2. The maximum absolute atomic E-state index is 13.6. The highest BCUT2D eigenvalue weighted by atomic mass is 35.5. The zero-order chi connectivity index (χ0) is 29.5. The number of halogens is 4. The molecular weight excluding hydrogens is 612 g/mol. The fourth-order valence-electron chi connectivity index (χ4n) is 5.05. The Bertz CT molecular complexity index is 1260. The molecule has 0 bridgehead atoms. The normalized spacial score (nSPS) is 18.7. The predicted molar refractivity (Wildman–Crippen MR) is 163 cm³/mol. The third kappa shape index (κ3) is 8.55. The summed E-state index contributed by atoms with van der Waals surface area (Å²) >= 11 is 24.0. The summed E-state index contributed by atoms with van der Waals surface area (Å²) < 4.78 is 5.57. The molecule has 222 valence electrons. The summed E-state index contributed by atoms with van der Waals surface area (Å²) in [5, 5.41) is 6.82. The largest absolute Gasteiger partial charge is 0.447 e. The van der Waals surface area contributed by atoms with Crippen molar-refractivity contribution in [1.82, 2.24) is 14.7 Å². The highest BCUT2D eigenvalue weighted by molar-refractivity contribution is 6.42. The highest BCUT2D eigenvalue weighted by Crippen LogP contribution is 2.27. The topological polar surface area (TPSA) is 94.2 Å². The van der Waals surface area contributed by atoms with E-state index in [0.29, 0.717) is 51.0 Å². The van der Waals surface area contributed by atoms with Crippen LogP contribution in [0.25, 0.3) is 0 Å². The first-order valence-corrected chi connectivity index (χ1v) is 15.1. The van der Waals surface area contributed by atoms with Crippen molar-refractivity contribution < 1.29 is 19.1 Å². The van der Waals surface area contributed by atoms with Crippen LogP contribution >= 0.6 is 46.4 Å². The number of urea groups is 1. The van der Waals surface area contributed by atoms with E-state index in [2.05, 4.69) is 15.5 Å². The molecule has 2 heterocycles. The molecule has 2 aliphatic rings. The number of benzene rings is 2. The van der Waals surface area contributed by atoms with Gasteiger partial charge in [0.25, 0.3) is 0 Å². The van der Waals surface area contributed by atoms with E-state index in [0.717, 1.165) is 32.5 Å². The van der Waals surface area contributed by atoms with Crippen LogP contribution in [0.3, 0.4) is 0 Å². The van der Waals surface area contributed by atoms with Crippen molar-refractivity contribution in [2.75, 3.05) is 50.0 Å². The summed E-state index contributed by atoms with van der Waals surface area (Å²) in [6.07, 6.45) is 3.49. The van der Waals surface area contributed by atoms with Gasteiger partial charge >= 0.3 is 12.1 Å². The average molecular weight is 645 g/mol. The summed E-state index contributed by atoms with van der Waals surface area (Å²) in [7, 11) is 0. The molecule has 0 aromatic heterocycles. The van der Waals surface area contributed by atoms with Gasteiger partial charge in [0.05, 0.1) is 26.1 Å². The molecule has 41 heavy (non-hydrogen) atoms. The molecule has 2 fully saturated rings. The van der Waals surface area contributed by atoms with Crippen LogP contribution in [0.1, 0.15) is 32.6 Å². The van der Waals surface area contributed by atoms with Crippen molar-refractivity contribution in [3.05, 3.63) is 56.5 Å². The number of carbonyl (C=O) groups excluding carboxylic acids is 3. The zero-order valence-corrected chi connectivity index (χ0v) is 25.7. The Hall–Kier alpha value is -2.43. The Morgan fingerprint density at radius 1 is 0.878 bits per heavy atom. The number of hydrogen-bond donors (Lipinski definition) is 2. The molecule has 2 aromatic carbocycles. The lowest BCUT2D eigenvalue weighted by atomic mass is 10.1. The number of ether oxygens (including phenoxy) is 1. The molecule has 13 heteroatoms. The van der Waals surface area contributed by atoms with Gasteiger partial charge in [-0.25, -0.2) is 9.59 Å². The molecule has 2 unspecified atom stereocenters. The van der Waals surface area contributed by atoms with Crippen LogP contribution in [0, 0.1) is 0 Å². The van der Waals surface area contributed by atoms with Gasteiger partial charge in [-0.1, -0.05) is 52.8 Å². The van der Waals surface area contributed by atoms with Gasteiger partial charge < -0.3 is 24.8 Å². The zero-order valence-electron chi connectivity index (χ0n) is 22.7. The van der Waals surface area contributed by atoms with Gasteiger partial charge in [0.1, 0.15) is 12.6 Å². The second kappa shape index (κ2) is 14.6. The number of rotatable bonds is 8. The van der Waals surface area contributed by atoms with Crippen molar-refractivity contribution in [1.29, 1.82) is 0 Å². The second-order valence-corrected chi connectivity index (χ2v) is 11.8. The maximum Gasteiger partial charge on any atom is 0.411 e. The molecule has 0 spiro atoms. The quantitative estimate of drug-likeness (QED) is 0.328. The number of piperidine rings is 1. The molecule has 0 radical (unpaired) electrons. The Labute approximate surface area is 260 Å². The van der Waals surface area contributed by atoms with E-state index in [4.69, 9.17) is 51.1 Å². The third-order valence-corrected chi connectivity index (χ3v) is 8.84. The number of carbonyl (C=O) groups is 3. The number of nitrogens with zero attached hydrogens (tertiary/aromatic N) is 3. The van der Waals surface area contributed by atoms with Crippen LogP contribution in [0.15, 0.2) is 36.4 Å². The summed E-state index contributed by atoms with van der Waals surface area (Å²) in [6, 6.07) is 8.05. The number of likely N-dealkylation sites (tertiary alicyclic amines) is 1. The number of anilines is 2. The Morgan fingerprint density at radius 2 is 1.49 bits per heavy atom. The van der Waals surface area contributed by atoms with Crippen LogP contribution in [-0.4, -0.2) is 84.1 Å². The fourth-order valence-corrected chi connectivity index (χ4v) is 5.64. The van der Waals surface area contributed by atoms with E-state index in [1.54, 1.807) is 42.2 Å². The van der Waals surface area contributed by atoms with Crippen molar-refractivity contribution in [3.8, 4) is 0 Å². The summed E-state index contributed by atoms with van der Waals surface area (Å²) in [4.78, 5) is 44.8. The van der Waals surface area contributed by atoms with Crippen molar-refractivity contribution in [2.45, 2.75) is 44.7 Å². The van der Waals surface area contributed by atoms with Crippen LogP contribution in [0.2, 0.25) is 20.1 Å². The smallest absolute Gasteiger partial charge is 0.411 e. The first kappa shape index (κ1) is 31.5. The molecule has 4 amide bonds. The van der Waals surface area contributed by atoms with Gasteiger partial charge in [-0.05, 0) is 75.7 Å². The molecule has 2 aliphatic heterocycles. The minimum absolute atomic E-state index is 0.00885. The minimum Gasteiger partial charge on any atom is -0.447 e. The summed E-state index contributed by atoms with van der Waals surface area (Å²) in [6.45, 7) is 5.13. The predicted octanol–water partition coefficient (Wildman–Crippen LogP) is 6.86. The molecule has 0 saturated carbocycles. The van der Waals surface area contributed by atoms with E-state index in [9.17, 15) is 14.4 Å². The number of nitrogens with one attached hydrogen (secondary N) is 2. The van der Waals surface area contributed by atoms with Gasteiger partial charge in [-0.2, -0.15) is 0 Å².